The highest BCUT2D eigenvalue weighted by atomic mass is 16.1. The Morgan fingerprint density at radius 1 is 1.43 bits per heavy atom. The highest BCUT2D eigenvalue weighted by molar-refractivity contribution is 5.79. The topological polar surface area (TPSA) is 55.1 Å². The number of nitrogens with one attached hydrogen (secondary N) is 1. The lowest BCUT2D eigenvalue weighted by atomic mass is 10.1. The molecule has 0 aromatic heterocycles. The molecular formula is C11H18N2O. The van der Waals surface area contributed by atoms with Crippen molar-refractivity contribution in [3.8, 4) is 0 Å². The maximum absolute atomic E-state index is 11.6. The Morgan fingerprint density at radius 2 is 2.07 bits per heavy atom. The van der Waals surface area contributed by atoms with Crippen LogP contribution < -0.4 is 11.1 Å². The molecule has 2 aliphatic carbocycles. The van der Waals surface area contributed by atoms with Gasteiger partial charge in [0.1, 0.15) is 0 Å². The summed E-state index contributed by atoms with van der Waals surface area (Å²) in [4.78, 5) is 11.6. The van der Waals surface area contributed by atoms with Gasteiger partial charge in [0.25, 0.3) is 0 Å². The van der Waals surface area contributed by atoms with Crippen LogP contribution in [0.15, 0.2) is 12.2 Å². The van der Waals surface area contributed by atoms with Crippen molar-refractivity contribution in [2.45, 2.75) is 31.7 Å². The molecule has 1 saturated carbocycles. The largest absolute Gasteiger partial charge is 0.354 e. The van der Waals surface area contributed by atoms with Gasteiger partial charge in [0.05, 0.1) is 0 Å². The minimum Gasteiger partial charge on any atom is -0.354 e. The fourth-order valence-electron chi connectivity index (χ4n) is 1.89. The molecule has 14 heavy (non-hydrogen) atoms. The van der Waals surface area contributed by atoms with E-state index in [1.165, 1.54) is 12.8 Å². The van der Waals surface area contributed by atoms with Crippen molar-refractivity contribution in [2.75, 3.05) is 6.54 Å². The maximum Gasteiger partial charge on any atom is 0.223 e. The van der Waals surface area contributed by atoms with Crippen molar-refractivity contribution in [3.63, 3.8) is 0 Å². The fourth-order valence-corrected chi connectivity index (χ4v) is 1.89. The number of amides is 1. The van der Waals surface area contributed by atoms with E-state index in [1.807, 2.05) is 0 Å². The number of rotatable bonds is 4. The second-order valence-corrected chi connectivity index (χ2v) is 4.39. The molecular weight excluding hydrogens is 176 g/mol. The molecule has 78 valence electrons. The number of carbonyl (C=O) groups is 1. The Hall–Kier alpha value is -0.830. The summed E-state index contributed by atoms with van der Waals surface area (Å²) in [6.45, 7) is 0.653. The van der Waals surface area contributed by atoms with Crippen LogP contribution in [0.1, 0.15) is 25.7 Å². The first-order valence-electron chi connectivity index (χ1n) is 5.45. The molecule has 0 saturated heterocycles. The van der Waals surface area contributed by atoms with Crippen LogP contribution in [0.2, 0.25) is 0 Å². The van der Waals surface area contributed by atoms with Gasteiger partial charge in [0, 0.05) is 18.5 Å². The number of hydrogen-bond donors (Lipinski definition) is 2. The van der Waals surface area contributed by atoms with Gasteiger partial charge in [-0.1, -0.05) is 12.2 Å². The van der Waals surface area contributed by atoms with Gasteiger partial charge in [0.15, 0.2) is 0 Å². The van der Waals surface area contributed by atoms with E-state index in [0.717, 1.165) is 12.8 Å². The van der Waals surface area contributed by atoms with Gasteiger partial charge in [-0.15, -0.1) is 0 Å². The molecule has 0 aromatic carbocycles. The molecule has 1 atom stereocenters. The van der Waals surface area contributed by atoms with Gasteiger partial charge in [-0.25, -0.2) is 0 Å². The fraction of sp³-hybridized carbons (Fsp3) is 0.727. The van der Waals surface area contributed by atoms with E-state index >= 15 is 0 Å². The Labute approximate surface area is 84.7 Å². The van der Waals surface area contributed by atoms with Crippen molar-refractivity contribution in [3.05, 3.63) is 12.2 Å². The van der Waals surface area contributed by atoms with Crippen molar-refractivity contribution < 1.29 is 4.79 Å². The second-order valence-electron chi connectivity index (χ2n) is 4.39. The molecule has 0 aliphatic heterocycles. The molecule has 0 bridgehead atoms. The molecule has 1 unspecified atom stereocenters. The van der Waals surface area contributed by atoms with Gasteiger partial charge in [0.2, 0.25) is 5.91 Å². The summed E-state index contributed by atoms with van der Waals surface area (Å²) in [6.07, 6.45) is 8.41. The number of hydrogen-bond acceptors (Lipinski definition) is 2. The maximum atomic E-state index is 11.6. The zero-order valence-electron chi connectivity index (χ0n) is 8.41. The molecule has 1 fully saturated rings. The van der Waals surface area contributed by atoms with E-state index in [9.17, 15) is 4.79 Å². The summed E-state index contributed by atoms with van der Waals surface area (Å²) in [6, 6.07) is 0.174. The Kier molecular flexibility index (Phi) is 2.87. The highest BCUT2D eigenvalue weighted by Crippen LogP contribution is 2.31. The van der Waals surface area contributed by atoms with Crippen LogP contribution in [0.25, 0.3) is 0 Å². The third-order valence-corrected chi connectivity index (χ3v) is 3.12. The van der Waals surface area contributed by atoms with Crippen LogP contribution in [0.4, 0.5) is 0 Å². The first-order chi connectivity index (χ1) is 6.77. The van der Waals surface area contributed by atoms with Gasteiger partial charge < -0.3 is 11.1 Å². The molecule has 2 aliphatic rings. The molecule has 3 heteroatoms. The average Bonchev–Trinajstić information content (AvgIpc) is 2.90. The van der Waals surface area contributed by atoms with Crippen LogP contribution >= 0.6 is 0 Å². The van der Waals surface area contributed by atoms with Crippen molar-refractivity contribution in [1.82, 2.24) is 5.32 Å². The quantitative estimate of drug-likeness (QED) is 0.651. The van der Waals surface area contributed by atoms with Gasteiger partial charge in [-0.3, -0.25) is 4.79 Å². The SMILES string of the molecule is NC(CNC(=O)C1CC=CC1)C1CC1. The standard InChI is InChI=1S/C11H18N2O/c12-10(8-5-6-8)7-13-11(14)9-3-1-2-4-9/h1-2,8-10H,3-7,12H2,(H,13,14). The van der Waals surface area contributed by atoms with Crippen LogP contribution in [0, 0.1) is 11.8 Å². The van der Waals surface area contributed by atoms with Crippen molar-refractivity contribution in [2.24, 2.45) is 17.6 Å². The minimum absolute atomic E-state index is 0.168. The zero-order chi connectivity index (χ0) is 9.97. The summed E-state index contributed by atoms with van der Waals surface area (Å²) in [5, 5.41) is 2.94. The zero-order valence-corrected chi connectivity index (χ0v) is 8.41. The van der Waals surface area contributed by atoms with Crippen molar-refractivity contribution >= 4 is 5.91 Å². The van der Waals surface area contributed by atoms with Gasteiger partial charge in [-0.05, 0) is 31.6 Å². The molecule has 1 amide bonds. The van der Waals surface area contributed by atoms with Gasteiger partial charge >= 0.3 is 0 Å². The molecule has 0 radical (unpaired) electrons. The van der Waals surface area contributed by atoms with E-state index < -0.39 is 0 Å². The molecule has 3 nitrogen and oxygen atoms in total. The summed E-state index contributed by atoms with van der Waals surface area (Å²) in [5.74, 6) is 1.00. The average molecular weight is 194 g/mol. The Morgan fingerprint density at radius 3 is 2.64 bits per heavy atom. The van der Waals surface area contributed by atoms with Crippen molar-refractivity contribution in [1.29, 1.82) is 0 Å². The highest BCUT2D eigenvalue weighted by Gasteiger charge is 2.29. The Balaban J connectivity index is 1.66. The molecule has 3 N–H and O–H groups in total. The lowest BCUT2D eigenvalue weighted by Crippen LogP contribution is -2.40. The summed E-state index contributed by atoms with van der Waals surface area (Å²) >= 11 is 0. The second kappa shape index (κ2) is 4.13. The normalized spacial score (nSPS) is 23.8. The molecule has 2 rings (SSSR count). The smallest absolute Gasteiger partial charge is 0.223 e. The first-order valence-corrected chi connectivity index (χ1v) is 5.45. The van der Waals surface area contributed by atoms with Gasteiger partial charge in [-0.2, -0.15) is 0 Å². The number of nitrogens with two attached hydrogens (primary N) is 1. The monoisotopic (exact) mass is 194 g/mol. The predicted octanol–water partition coefficient (Wildman–Crippen LogP) is 0.806. The third-order valence-electron chi connectivity index (χ3n) is 3.12. The van der Waals surface area contributed by atoms with E-state index in [1.54, 1.807) is 0 Å². The minimum atomic E-state index is 0.168. The summed E-state index contributed by atoms with van der Waals surface area (Å²) in [7, 11) is 0. The van der Waals surface area contributed by atoms with E-state index in [4.69, 9.17) is 5.73 Å². The molecule has 0 heterocycles. The third kappa shape index (κ3) is 2.35. The first kappa shape index (κ1) is 9.71. The van der Waals surface area contributed by atoms with Crippen LogP contribution in [0.3, 0.4) is 0 Å². The molecule has 0 aromatic rings. The van der Waals surface area contributed by atoms with E-state index in [0.29, 0.717) is 12.5 Å². The lowest BCUT2D eigenvalue weighted by Gasteiger charge is -2.14. The summed E-state index contributed by atoms with van der Waals surface area (Å²) in [5.41, 5.74) is 5.90. The predicted molar refractivity (Wildman–Crippen MR) is 55.6 cm³/mol. The van der Waals surface area contributed by atoms with E-state index in [-0.39, 0.29) is 17.9 Å². The van der Waals surface area contributed by atoms with E-state index in [2.05, 4.69) is 17.5 Å². The lowest BCUT2D eigenvalue weighted by molar-refractivity contribution is -0.124. The van der Waals surface area contributed by atoms with Crippen LogP contribution in [-0.4, -0.2) is 18.5 Å². The number of allylic oxidation sites excluding steroid dienone is 2. The van der Waals surface area contributed by atoms with Crippen LogP contribution in [0.5, 0.6) is 0 Å². The Bertz CT molecular complexity index is 238. The van der Waals surface area contributed by atoms with Crippen LogP contribution in [-0.2, 0) is 4.79 Å². The molecule has 0 spiro atoms. The number of carbonyl (C=O) groups excluding carboxylic acids is 1. The summed E-state index contributed by atoms with van der Waals surface area (Å²) < 4.78 is 0.